The lowest BCUT2D eigenvalue weighted by Gasteiger charge is -2.45. The highest BCUT2D eigenvalue weighted by atomic mass is 15.2. The molecule has 19 heavy (non-hydrogen) atoms. The molecule has 1 saturated heterocycles. The molecule has 2 N–H and O–H groups in total. The van der Waals surface area contributed by atoms with Crippen LogP contribution < -0.4 is 5.73 Å². The van der Waals surface area contributed by atoms with Gasteiger partial charge in [-0.25, -0.2) is 0 Å². The summed E-state index contributed by atoms with van der Waals surface area (Å²) in [6.07, 6.45) is 6.74. The SMILES string of the molecule is CCN1CCC(N(C)C2CC(C)CCC2CN)CC1. The minimum atomic E-state index is 0.727. The molecule has 1 saturated carbocycles. The normalized spacial score (nSPS) is 34.9. The molecule has 3 unspecified atom stereocenters. The Bertz CT molecular complexity index is 261. The van der Waals surface area contributed by atoms with Gasteiger partial charge < -0.3 is 15.5 Å². The summed E-state index contributed by atoms with van der Waals surface area (Å²) in [5.74, 6) is 1.61. The Morgan fingerprint density at radius 3 is 2.42 bits per heavy atom. The Balaban J connectivity index is 1.91. The average molecular weight is 267 g/mol. The van der Waals surface area contributed by atoms with Gasteiger partial charge in [0.05, 0.1) is 0 Å². The maximum atomic E-state index is 6.02. The Morgan fingerprint density at radius 2 is 1.84 bits per heavy atom. The topological polar surface area (TPSA) is 32.5 Å². The highest BCUT2D eigenvalue weighted by molar-refractivity contribution is 4.89. The van der Waals surface area contributed by atoms with Crippen molar-refractivity contribution >= 4 is 0 Å². The molecule has 1 aliphatic carbocycles. The zero-order valence-electron chi connectivity index (χ0n) is 13.1. The van der Waals surface area contributed by atoms with E-state index in [-0.39, 0.29) is 0 Å². The van der Waals surface area contributed by atoms with E-state index in [2.05, 4.69) is 30.7 Å². The predicted molar refractivity (Wildman–Crippen MR) is 82.2 cm³/mol. The largest absolute Gasteiger partial charge is 0.330 e. The first-order valence-corrected chi connectivity index (χ1v) is 8.30. The maximum absolute atomic E-state index is 6.02. The van der Waals surface area contributed by atoms with E-state index < -0.39 is 0 Å². The molecule has 112 valence electrons. The molecule has 0 radical (unpaired) electrons. The van der Waals surface area contributed by atoms with Crippen molar-refractivity contribution in [2.24, 2.45) is 17.6 Å². The molecule has 0 spiro atoms. The molecular weight excluding hydrogens is 234 g/mol. The van der Waals surface area contributed by atoms with Crippen molar-refractivity contribution in [2.75, 3.05) is 33.2 Å². The van der Waals surface area contributed by atoms with Crippen molar-refractivity contribution < 1.29 is 0 Å². The Morgan fingerprint density at radius 1 is 1.16 bits per heavy atom. The van der Waals surface area contributed by atoms with E-state index in [0.717, 1.165) is 30.5 Å². The summed E-state index contributed by atoms with van der Waals surface area (Å²) in [5, 5.41) is 0. The molecule has 1 heterocycles. The van der Waals surface area contributed by atoms with Crippen LogP contribution in [-0.2, 0) is 0 Å². The monoisotopic (exact) mass is 267 g/mol. The molecule has 0 aromatic carbocycles. The molecule has 0 bridgehead atoms. The first kappa shape index (κ1) is 15.3. The fourth-order valence-electron chi connectivity index (χ4n) is 4.10. The van der Waals surface area contributed by atoms with Gasteiger partial charge in [-0.1, -0.05) is 20.3 Å². The van der Waals surface area contributed by atoms with Crippen LogP contribution in [0.5, 0.6) is 0 Å². The van der Waals surface area contributed by atoms with E-state index in [1.165, 1.54) is 51.7 Å². The van der Waals surface area contributed by atoms with Crippen LogP contribution >= 0.6 is 0 Å². The summed E-state index contributed by atoms with van der Waals surface area (Å²) < 4.78 is 0. The lowest BCUT2D eigenvalue weighted by Crippen LogP contribution is -2.52. The maximum Gasteiger partial charge on any atom is 0.0138 e. The van der Waals surface area contributed by atoms with Gasteiger partial charge in [-0.3, -0.25) is 0 Å². The summed E-state index contributed by atoms with van der Waals surface area (Å²) in [6.45, 7) is 9.32. The van der Waals surface area contributed by atoms with Gasteiger partial charge in [-0.05, 0) is 70.7 Å². The highest BCUT2D eigenvalue weighted by Crippen LogP contribution is 2.33. The number of nitrogens with zero attached hydrogens (tertiary/aromatic N) is 2. The van der Waals surface area contributed by atoms with E-state index in [0.29, 0.717) is 0 Å². The molecule has 2 rings (SSSR count). The summed E-state index contributed by atoms with van der Waals surface area (Å²) >= 11 is 0. The van der Waals surface area contributed by atoms with Crippen molar-refractivity contribution in [3.8, 4) is 0 Å². The molecule has 1 aliphatic heterocycles. The Kier molecular flexibility index (Phi) is 5.67. The second-order valence-electron chi connectivity index (χ2n) is 6.81. The van der Waals surface area contributed by atoms with Gasteiger partial charge in [0, 0.05) is 12.1 Å². The minimum Gasteiger partial charge on any atom is -0.330 e. The van der Waals surface area contributed by atoms with Gasteiger partial charge in [-0.15, -0.1) is 0 Å². The Labute approximate surface area is 119 Å². The zero-order valence-corrected chi connectivity index (χ0v) is 13.1. The third-order valence-corrected chi connectivity index (χ3v) is 5.62. The molecule has 3 heteroatoms. The summed E-state index contributed by atoms with van der Waals surface area (Å²) in [4.78, 5) is 5.27. The fraction of sp³-hybridized carbons (Fsp3) is 1.00. The number of likely N-dealkylation sites (tertiary alicyclic amines) is 1. The molecule has 0 aromatic heterocycles. The predicted octanol–water partition coefficient (Wildman–Crippen LogP) is 2.17. The van der Waals surface area contributed by atoms with Crippen molar-refractivity contribution in [3.05, 3.63) is 0 Å². The first-order valence-electron chi connectivity index (χ1n) is 8.30. The van der Waals surface area contributed by atoms with E-state index >= 15 is 0 Å². The Hall–Kier alpha value is -0.120. The standard InChI is InChI=1S/C16H33N3/c1-4-19-9-7-15(8-10-19)18(3)16-11-13(2)5-6-14(16)12-17/h13-16H,4-12,17H2,1-3H3. The van der Waals surface area contributed by atoms with Crippen molar-refractivity contribution in [1.29, 1.82) is 0 Å². The molecule has 2 aliphatic rings. The molecule has 2 fully saturated rings. The highest BCUT2D eigenvalue weighted by Gasteiger charge is 2.34. The molecule has 3 atom stereocenters. The number of nitrogens with two attached hydrogens (primary N) is 1. The van der Waals surface area contributed by atoms with Crippen LogP contribution in [0.4, 0.5) is 0 Å². The quantitative estimate of drug-likeness (QED) is 0.847. The van der Waals surface area contributed by atoms with Gasteiger partial charge >= 0.3 is 0 Å². The van der Waals surface area contributed by atoms with Gasteiger partial charge in [-0.2, -0.15) is 0 Å². The van der Waals surface area contributed by atoms with Gasteiger partial charge in [0.1, 0.15) is 0 Å². The fourth-order valence-corrected chi connectivity index (χ4v) is 4.10. The summed E-state index contributed by atoms with van der Waals surface area (Å²) in [6, 6.07) is 1.51. The van der Waals surface area contributed by atoms with Crippen molar-refractivity contribution in [2.45, 2.75) is 58.0 Å². The second kappa shape index (κ2) is 7.05. The van der Waals surface area contributed by atoms with Crippen LogP contribution in [0.15, 0.2) is 0 Å². The van der Waals surface area contributed by atoms with E-state index in [1.807, 2.05) is 0 Å². The lowest BCUT2D eigenvalue weighted by molar-refractivity contribution is 0.0428. The van der Waals surface area contributed by atoms with Crippen molar-refractivity contribution in [1.82, 2.24) is 9.80 Å². The third-order valence-electron chi connectivity index (χ3n) is 5.62. The smallest absolute Gasteiger partial charge is 0.0138 e. The van der Waals surface area contributed by atoms with Crippen LogP contribution in [-0.4, -0.2) is 55.1 Å². The first-order chi connectivity index (χ1) is 9.15. The van der Waals surface area contributed by atoms with Gasteiger partial charge in [0.25, 0.3) is 0 Å². The summed E-state index contributed by atoms with van der Waals surface area (Å²) in [5.41, 5.74) is 6.02. The number of piperidine rings is 1. The van der Waals surface area contributed by atoms with E-state index in [4.69, 9.17) is 5.73 Å². The van der Waals surface area contributed by atoms with Crippen LogP contribution in [0.2, 0.25) is 0 Å². The molecule has 0 amide bonds. The zero-order chi connectivity index (χ0) is 13.8. The number of hydrogen-bond acceptors (Lipinski definition) is 3. The molecule has 3 nitrogen and oxygen atoms in total. The lowest BCUT2D eigenvalue weighted by atomic mass is 9.77. The minimum absolute atomic E-state index is 0.727. The van der Waals surface area contributed by atoms with Crippen LogP contribution in [0.3, 0.4) is 0 Å². The number of rotatable bonds is 4. The van der Waals surface area contributed by atoms with E-state index in [1.54, 1.807) is 0 Å². The second-order valence-corrected chi connectivity index (χ2v) is 6.81. The summed E-state index contributed by atoms with van der Waals surface area (Å²) in [7, 11) is 2.36. The van der Waals surface area contributed by atoms with Crippen LogP contribution in [0.25, 0.3) is 0 Å². The van der Waals surface area contributed by atoms with Crippen LogP contribution in [0, 0.1) is 11.8 Å². The van der Waals surface area contributed by atoms with Gasteiger partial charge in [0.2, 0.25) is 0 Å². The average Bonchev–Trinajstić information content (AvgIpc) is 2.46. The molecule has 0 aromatic rings. The van der Waals surface area contributed by atoms with Gasteiger partial charge in [0.15, 0.2) is 0 Å². The van der Waals surface area contributed by atoms with Crippen molar-refractivity contribution in [3.63, 3.8) is 0 Å². The number of hydrogen-bond donors (Lipinski definition) is 1. The molecular formula is C16H33N3. The van der Waals surface area contributed by atoms with E-state index in [9.17, 15) is 0 Å². The third kappa shape index (κ3) is 3.71. The van der Waals surface area contributed by atoms with Crippen LogP contribution in [0.1, 0.15) is 46.0 Å².